The van der Waals surface area contributed by atoms with Gasteiger partial charge in [0.15, 0.2) is 6.10 Å². The summed E-state index contributed by atoms with van der Waals surface area (Å²) in [6.07, 6.45) is -0.933. The van der Waals surface area contributed by atoms with Crippen LogP contribution in [-0.2, 0) is 14.3 Å². The molecule has 1 rings (SSSR count). The molecule has 0 bridgehead atoms. The third-order valence-electron chi connectivity index (χ3n) is 2.53. The Bertz CT molecular complexity index is 493. The number of ether oxygens (including phenoxy) is 2. The van der Waals surface area contributed by atoms with E-state index in [1.807, 2.05) is 0 Å². The summed E-state index contributed by atoms with van der Waals surface area (Å²) in [6, 6.07) is 4.63. The number of halogens is 1. The van der Waals surface area contributed by atoms with E-state index in [0.29, 0.717) is 13.2 Å². The largest absolute Gasteiger partial charge is 0.449 e. The predicted molar refractivity (Wildman–Crippen MR) is 75.6 cm³/mol. The van der Waals surface area contributed by atoms with E-state index >= 15 is 0 Å². The van der Waals surface area contributed by atoms with Gasteiger partial charge in [-0.2, -0.15) is 0 Å². The fourth-order valence-electron chi connectivity index (χ4n) is 1.41. The summed E-state index contributed by atoms with van der Waals surface area (Å²) in [5.74, 6) is -1.10. The first-order valence-electron chi connectivity index (χ1n) is 5.99. The number of benzene rings is 1. The molecular weight excluding hydrogens is 284 g/mol. The van der Waals surface area contributed by atoms with Gasteiger partial charge in [0.1, 0.15) is 0 Å². The number of hydrogen-bond acceptors (Lipinski definition) is 5. The number of methoxy groups -OCH3 is 1. The average Bonchev–Trinajstić information content (AvgIpc) is 2.41. The summed E-state index contributed by atoms with van der Waals surface area (Å²) in [5.41, 5.74) is 5.95. The molecule has 0 heterocycles. The second kappa shape index (κ2) is 7.72. The van der Waals surface area contributed by atoms with Gasteiger partial charge in [-0.15, -0.1) is 0 Å². The lowest BCUT2D eigenvalue weighted by atomic mass is 10.2. The highest BCUT2D eigenvalue weighted by Crippen LogP contribution is 2.23. The molecule has 0 fully saturated rings. The highest BCUT2D eigenvalue weighted by atomic mass is 35.5. The summed E-state index contributed by atoms with van der Waals surface area (Å²) in [5, 5.41) is 2.83. The van der Waals surface area contributed by atoms with Crippen molar-refractivity contribution in [3.8, 4) is 0 Å². The Morgan fingerprint density at radius 3 is 2.80 bits per heavy atom. The molecule has 0 saturated carbocycles. The Kier molecular flexibility index (Phi) is 6.27. The number of nitrogens with two attached hydrogens (primary N) is 1. The van der Waals surface area contributed by atoms with Crippen molar-refractivity contribution < 1.29 is 19.1 Å². The maximum Gasteiger partial charge on any atom is 0.341 e. The lowest BCUT2D eigenvalue weighted by molar-refractivity contribution is -0.129. The van der Waals surface area contributed by atoms with Gasteiger partial charge in [0.25, 0.3) is 5.91 Å². The molecule has 1 aromatic rings. The number of carbonyl (C=O) groups excluding carboxylic acids is 2. The normalized spacial score (nSPS) is 11.8. The molecule has 110 valence electrons. The van der Waals surface area contributed by atoms with E-state index < -0.39 is 18.0 Å². The average molecular weight is 301 g/mol. The third-order valence-corrected chi connectivity index (χ3v) is 2.86. The molecule has 0 saturated heterocycles. The molecule has 0 aromatic heterocycles. The number of amides is 1. The van der Waals surface area contributed by atoms with Crippen LogP contribution in [0.5, 0.6) is 0 Å². The molecule has 7 heteroatoms. The van der Waals surface area contributed by atoms with Crippen molar-refractivity contribution in [1.29, 1.82) is 0 Å². The number of nitrogen functional groups attached to an aromatic ring is 1. The van der Waals surface area contributed by atoms with Gasteiger partial charge in [-0.25, -0.2) is 4.79 Å². The van der Waals surface area contributed by atoms with Crippen molar-refractivity contribution in [2.45, 2.75) is 13.0 Å². The smallest absolute Gasteiger partial charge is 0.341 e. The SMILES string of the molecule is COCCNC(=O)C(C)OC(=O)c1cccc(Cl)c1N. The first-order valence-corrected chi connectivity index (χ1v) is 6.36. The standard InChI is InChI=1S/C13H17ClN2O4/c1-8(12(17)16-6-7-19-2)20-13(18)9-4-3-5-10(14)11(9)15/h3-5,8H,6-7,15H2,1-2H3,(H,16,17). The van der Waals surface area contributed by atoms with E-state index in [4.69, 9.17) is 26.8 Å². The second-order valence-corrected chi connectivity index (χ2v) is 4.44. The zero-order chi connectivity index (χ0) is 15.1. The summed E-state index contributed by atoms with van der Waals surface area (Å²) in [6.45, 7) is 2.20. The summed E-state index contributed by atoms with van der Waals surface area (Å²) >= 11 is 5.82. The Morgan fingerprint density at radius 2 is 2.15 bits per heavy atom. The maximum atomic E-state index is 11.9. The van der Waals surface area contributed by atoms with Crippen LogP contribution in [0.3, 0.4) is 0 Å². The summed E-state index contributed by atoms with van der Waals surface area (Å²) in [4.78, 5) is 23.5. The predicted octanol–water partition coefficient (Wildman–Crippen LogP) is 1.23. The molecule has 1 aromatic carbocycles. The number of esters is 1. The zero-order valence-corrected chi connectivity index (χ0v) is 12.1. The van der Waals surface area contributed by atoms with Gasteiger partial charge in [0.05, 0.1) is 22.9 Å². The molecule has 0 aliphatic carbocycles. The molecule has 1 atom stereocenters. The number of anilines is 1. The van der Waals surface area contributed by atoms with Gasteiger partial charge in [-0.05, 0) is 19.1 Å². The van der Waals surface area contributed by atoms with Crippen molar-refractivity contribution in [3.05, 3.63) is 28.8 Å². The molecule has 3 N–H and O–H groups in total. The summed E-state index contributed by atoms with van der Waals surface area (Å²) < 4.78 is 9.83. The fraction of sp³-hybridized carbons (Fsp3) is 0.385. The van der Waals surface area contributed by atoms with Crippen molar-refractivity contribution in [1.82, 2.24) is 5.32 Å². The summed E-state index contributed by atoms with van der Waals surface area (Å²) in [7, 11) is 1.53. The highest BCUT2D eigenvalue weighted by Gasteiger charge is 2.20. The lowest BCUT2D eigenvalue weighted by Gasteiger charge is -2.14. The number of rotatable bonds is 6. The Balaban J connectivity index is 2.61. The van der Waals surface area contributed by atoms with Crippen molar-refractivity contribution >= 4 is 29.2 Å². The molecule has 0 aliphatic heterocycles. The topological polar surface area (TPSA) is 90.6 Å². The number of hydrogen-bond donors (Lipinski definition) is 2. The van der Waals surface area contributed by atoms with Gasteiger partial charge < -0.3 is 20.5 Å². The van der Waals surface area contributed by atoms with Crippen LogP contribution in [0.15, 0.2) is 18.2 Å². The van der Waals surface area contributed by atoms with E-state index in [1.165, 1.54) is 20.1 Å². The maximum absolute atomic E-state index is 11.9. The van der Waals surface area contributed by atoms with Crippen LogP contribution in [0.1, 0.15) is 17.3 Å². The number of carbonyl (C=O) groups is 2. The van der Waals surface area contributed by atoms with Gasteiger partial charge in [-0.1, -0.05) is 17.7 Å². The molecular formula is C13H17ClN2O4. The minimum absolute atomic E-state index is 0.131. The van der Waals surface area contributed by atoms with Gasteiger partial charge in [0.2, 0.25) is 0 Å². The quantitative estimate of drug-likeness (QED) is 0.468. The van der Waals surface area contributed by atoms with Crippen LogP contribution in [0.2, 0.25) is 5.02 Å². The molecule has 1 amide bonds. The van der Waals surface area contributed by atoms with E-state index in [9.17, 15) is 9.59 Å². The minimum atomic E-state index is -0.933. The van der Waals surface area contributed by atoms with E-state index in [0.717, 1.165) is 0 Å². The second-order valence-electron chi connectivity index (χ2n) is 4.03. The van der Waals surface area contributed by atoms with Gasteiger partial charge >= 0.3 is 5.97 Å². The van der Waals surface area contributed by atoms with Gasteiger partial charge in [0, 0.05) is 13.7 Å². The Hall–Kier alpha value is -1.79. The lowest BCUT2D eigenvalue weighted by Crippen LogP contribution is -2.37. The Morgan fingerprint density at radius 1 is 1.45 bits per heavy atom. The van der Waals surface area contributed by atoms with E-state index in [2.05, 4.69) is 5.32 Å². The molecule has 0 radical (unpaired) electrons. The first kappa shape index (κ1) is 16.3. The number of para-hydroxylation sites is 1. The first-order chi connectivity index (χ1) is 9.47. The van der Waals surface area contributed by atoms with Crippen LogP contribution in [0.25, 0.3) is 0 Å². The molecule has 0 spiro atoms. The molecule has 6 nitrogen and oxygen atoms in total. The minimum Gasteiger partial charge on any atom is -0.449 e. The van der Waals surface area contributed by atoms with Gasteiger partial charge in [-0.3, -0.25) is 4.79 Å². The van der Waals surface area contributed by atoms with Crippen LogP contribution in [0.4, 0.5) is 5.69 Å². The molecule has 20 heavy (non-hydrogen) atoms. The van der Waals surface area contributed by atoms with E-state index in [-0.39, 0.29) is 16.3 Å². The third kappa shape index (κ3) is 4.40. The van der Waals surface area contributed by atoms with Crippen molar-refractivity contribution in [2.75, 3.05) is 26.0 Å². The molecule has 0 aliphatic rings. The Labute approximate surface area is 122 Å². The van der Waals surface area contributed by atoms with Crippen LogP contribution < -0.4 is 11.1 Å². The monoisotopic (exact) mass is 300 g/mol. The zero-order valence-electron chi connectivity index (χ0n) is 11.3. The number of nitrogens with one attached hydrogen (secondary N) is 1. The van der Waals surface area contributed by atoms with Crippen LogP contribution in [-0.4, -0.2) is 38.2 Å². The van der Waals surface area contributed by atoms with E-state index in [1.54, 1.807) is 12.1 Å². The van der Waals surface area contributed by atoms with Crippen molar-refractivity contribution in [2.24, 2.45) is 0 Å². The van der Waals surface area contributed by atoms with Crippen LogP contribution in [0, 0.1) is 0 Å². The highest BCUT2D eigenvalue weighted by molar-refractivity contribution is 6.33. The van der Waals surface area contributed by atoms with Crippen molar-refractivity contribution in [3.63, 3.8) is 0 Å². The van der Waals surface area contributed by atoms with Crippen LogP contribution >= 0.6 is 11.6 Å². The fourth-order valence-corrected chi connectivity index (χ4v) is 1.59. The molecule has 1 unspecified atom stereocenters.